The van der Waals surface area contributed by atoms with Crippen LogP contribution < -0.4 is 5.73 Å². The van der Waals surface area contributed by atoms with Crippen LogP contribution in [-0.4, -0.2) is 30.4 Å². The lowest BCUT2D eigenvalue weighted by Crippen LogP contribution is -2.24. The van der Waals surface area contributed by atoms with Gasteiger partial charge in [0.1, 0.15) is 0 Å². The van der Waals surface area contributed by atoms with Crippen molar-refractivity contribution in [1.29, 1.82) is 5.41 Å². The Kier molecular flexibility index (Phi) is 2.68. The van der Waals surface area contributed by atoms with E-state index in [-0.39, 0.29) is 0 Å². The molecule has 0 atom stereocenters. The SMILES string of the molecule is N=C(N)CCN1CCCC1. The highest BCUT2D eigenvalue weighted by atomic mass is 15.1. The van der Waals surface area contributed by atoms with Crippen LogP contribution in [0.25, 0.3) is 0 Å². The summed E-state index contributed by atoms with van der Waals surface area (Å²) in [6, 6.07) is 0. The monoisotopic (exact) mass is 141 g/mol. The lowest BCUT2D eigenvalue weighted by molar-refractivity contribution is 0.349. The lowest BCUT2D eigenvalue weighted by Gasteiger charge is -2.12. The van der Waals surface area contributed by atoms with Crippen molar-refractivity contribution in [2.24, 2.45) is 5.73 Å². The Morgan fingerprint density at radius 2 is 2.00 bits per heavy atom. The molecule has 0 aliphatic carbocycles. The van der Waals surface area contributed by atoms with E-state index in [1.807, 2.05) is 0 Å². The maximum atomic E-state index is 7.01. The fourth-order valence-electron chi connectivity index (χ4n) is 1.28. The van der Waals surface area contributed by atoms with Crippen LogP contribution in [0.2, 0.25) is 0 Å². The van der Waals surface area contributed by atoms with Crippen molar-refractivity contribution in [1.82, 2.24) is 4.90 Å². The zero-order valence-corrected chi connectivity index (χ0v) is 6.27. The number of likely N-dealkylation sites (tertiary alicyclic amines) is 1. The first-order chi connectivity index (χ1) is 4.79. The Balaban J connectivity index is 2.07. The van der Waals surface area contributed by atoms with Gasteiger partial charge in [-0.05, 0) is 25.9 Å². The van der Waals surface area contributed by atoms with Gasteiger partial charge in [-0.1, -0.05) is 0 Å². The van der Waals surface area contributed by atoms with Crippen molar-refractivity contribution in [3.63, 3.8) is 0 Å². The van der Waals surface area contributed by atoms with E-state index >= 15 is 0 Å². The largest absolute Gasteiger partial charge is 0.388 e. The van der Waals surface area contributed by atoms with Crippen molar-refractivity contribution in [2.45, 2.75) is 19.3 Å². The van der Waals surface area contributed by atoms with E-state index in [0.717, 1.165) is 13.0 Å². The molecule has 0 spiro atoms. The lowest BCUT2D eigenvalue weighted by atomic mass is 10.4. The summed E-state index contributed by atoms with van der Waals surface area (Å²) >= 11 is 0. The van der Waals surface area contributed by atoms with Gasteiger partial charge in [-0.25, -0.2) is 0 Å². The number of nitrogens with one attached hydrogen (secondary N) is 1. The molecule has 3 heteroatoms. The van der Waals surface area contributed by atoms with Crippen molar-refractivity contribution in [2.75, 3.05) is 19.6 Å². The summed E-state index contributed by atoms with van der Waals surface area (Å²) in [4.78, 5) is 2.36. The van der Waals surface area contributed by atoms with Gasteiger partial charge in [0.2, 0.25) is 0 Å². The van der Waals surface area contributed by atoms with Gasteiger partial charge in [-0.15, -0.1) is 0 Å². The van der Waals surface area contributed by atoms with Gasteiger partial charge in [-0.2, -0.15) is 0 Å². The van der Waals surface area contributed by atoms with Crippen LogP contribution in [0.1, 0.15) is 19.3 Å². The second-order valence-electron chi connectivity index (χ2n) is 2.82. The first-order valence-electron chi connectivity index (χ1n) is 3.84. The van der Waals surface area contributed by atoms with Crippen LogP contribution in [0, 0.1) is 5.41 Å². The highest BCUT2D eigenvalue weighted by Crippen LogP contribution is 2.06. The third kappa shape index (κ3) is 2.35. The van der Waals surface area contributed by atoms with Gasteiger partial charge in [-0.3, -0.25) is 5.41 Å². The van der Waals surface area contributed by atoms with Crippen LogP contribution in [0.3, 0.4) is 0 Å². The smallest absolute Gasteiger partial charge is 0.0918 e. The van der Waals surface area contributed by atoms with E-state index in [1.54, 1.807) is 0 Å². The zero-order valence-electron chi connectivity index (χ0n) is 6.27. The van der Waals surface area contributed by atoms with Crippen molar-refractivity contribution < 1.29 is 0 Å². The maximum Gasteiger partial charge on any atom is 0.0918 e. The summed E-state index contributed by atoms with van der Waals surface area (Å²) in [6.07, 6.45) is 3.37. The Hall–Kier alpha value is -0.570. The molecule has 1 saturated heterocycles. The number of hydrogen-bond acceptors (Lipinski definition) is 2. The molecule has 0 bridgehead atoms. The molecule has 1 heterocycles. The molecular formula is C7H15N3. The van der Waals surface area contributed by atoms with Gasteiger partial charge in [0.25, 0.3) is 0 Å². The zero-order chi connectivity index (χ0) is 7.40. The van der Waals surface area contributed by atoms with Gasteiger partial charge >= 0.3 is 0 Å². The van der Waals surface area contributed by atoms with Gasteiger partial charge in [0.05, 0.1) is 5.84 Å². The van der Waals surface area contributed by atoms with Crippen LogP contribution in [0.15, 0.2) is 0 Å². The van der Waals surface area contributed by atoms with Gasteiger partial charge < -0.3 is 10.6 Å². The molecule has 0 radical (unpaired) electrons. The second-order valence-corrected chi connectivity index (χ2v) is 2.82. The molecule has 1 aliphatic rings. The van der Waals surface area contributed by atoms with E-state index < -0.39 is 0 Å². The molecule has 1 aliphatic heterocycles. The molecule has 0 aromatic heterocycles. The second kappa shape index (κ2) is 3.56. The number of amidine groups is 1. The van der Waals surface area contributed by atoms with E-state index in [0.29, 0.717) is 5.84 Å². The molecule has 0 aromatic carbocycles. The molecule has 3 nitrogen and oxygen atoms in total. The third-order valence-corrected chi connectivity index (χ3v) is 1.90. The van der Waals surface area contributed by atoms with Crippen molar-refractivity contribution in [3.05, 3.63) is 0 Å². The van der Waals surface area contributed by atoms with E-state index in [9.17, 15) is 0 Å². The third-order valence-electron chi connectivity index (χ3n) is 1.90. The number of nitrogens with two attached hydrogens (primary N) is 1. The fourth-order valence-corrected chi connectivity index (χ4v) is 1.28. The fraction of sp³-hybridized carbons (Fsp3) is 0.857. The van der Waals surface area contributed by atoms with Crippen molar-refractivity contribution in [3.8, 4) is 0 Å². The van der Waals surface area contributed by atoms with Crippen LogP contribution >= 0.6 is 0 Å². The summed E-state index contributed by atoms with van der Waals surface area (Å²) in [5, 5.41) is 7.01. The molecular weight excluding hydrogens is 126 g/mol. The Labute approximate surface area is 61.7 Å². The van der Waals surface area contributed by atoms with Crippen LogP contribution in [0.4, 0.5) is 0 Å². The summed E-state index contributed by atoms with van der Waals surface area (Å²) in [5.74, 6) is 0.312. The molecule has 58 valence electrons. The van der Waals surface area contributed by atoms with Crippen LogP contribution in [0.5, 0.6) is 0 Å². The van der Waals surface area contributed by atoms with E-state index in [4.69, 9.17) is 11.1 Å². The first-order valence-corrected chi connectivity index (χ1v) is 3.84. The number of nitrogens with zero attached hydrogens (tertiary/aromatic N) is 1. The predicted molar refractivity (Wildman–Crippen MR) is 42.2 cm³/mol. The van der Waals surface area contributed by atoms with E-state index in [2.05, 4.69) is 4.90 Å². The highest BCUT2D eigenvalue weighted by Gasteiger charge is 2.10. The first kappa shape index (κ1) is 7.54. The molecule has 0 amide bonds. The summed E-state index contributed by atoms with van der Waals surface area (Å²) in [7, 11) is 0. The Morgan fingerprint density at radius 3 is 2.50 bits per heavy atom. The normalized spacial score (nSPS) is 19.6. The topological polar surface area (TPSA) is 53.1 Å². The van der Waals surface area contributed by atoms with Crippen molar-refractivity contribution >= 4 is 5.84 Å². The molecule has 10 heavy (non-hydrogen) atoms. The molecule has 0 unspecified atom stereocenters. The average molecular weight is 141 g/mol. The standard InChI is InChI=1S/C7H15N3/c8-7(9)3-6-10-4-1-2-5-10/h1-6H2,(H3,8,9). The molecule has 3 N–H and O–H groups in total. The van der Waals surface area contributed by atoms with Crippen LogP contribution in [-0.2, 0) is 0 Å². The Bertz CT molecular complexity index is 116. The number of hydrogen-bond donors (Lipinski definition) is 2. The minimum atomic E-state index is 0.312. The average Bonchev–Trinajstić information content (AvgIpc) is 2.34. The quantitative estimate of drug-likeness (QED) is 0.442. The molecule has 0 aromatic rings. The van der Waals surface area contributed by atoms with Gasteiger partial charge in [0, 0.05) is 13.0 Å². The summed E-state index contributed by atoms with van der Waals surface area (Å²) in [6.45, 7) is 3.38. The van der Waals surface area contributed by atoms with E-state index in [1.165, 1.54) is 25.9 Å². The van der Waals surface area contributed by atoms with Gasteiger partial charge in [0.15, 0.2) is 0 Å². The molecule has 1 fully saturated rings. The Morgan fingerprint density at radius 1 is 1.40 bits per heavy atom. The number of rotatable bonds is 3. The molecule has 1 rings (SSSR count). The maximum absolute atomic E-state index is 7.01. The summed E-state index contributed by atoms with van der Waals surface area (Å²) in [5.41, 5.74) is 5.23. The predicted octanol–water partition coefficient (Wildman–Crippen LogP) is 0.408. The minimum absolute atomic E-state index is 0.312. The highest BCUT2D eigenvalue weighted by molar-refractivity contribution is 5.76. The summed E-state index contributed by atoms with van der Waals surface area (Å²) < 4.78 is 0. The minimum Gasteiger partial charge on any atom is -0.388 e. The molecule has 0 saturated carbocycles.